The van der Waals surface area contributed by atoms with Crippen LogP contribution in [0.5, 0.6) is 0 Å². The number of ether oxygens (including phenoxy) is 1. The van der Waals surface area contributed by atoms with Crippen molar-refractivity contribution in [3.05, 3.63) is 35.9 Å². The second kappa shape index (κ2) is 8.86. The van der Waals surface area contributed by atoms with Gasteiger partial charge >= 0.3 is 12.1 Å². The zero-order valence-electron chi connectivity index (χ0n) is 15.8. The maximum absolute atomic E-state index is 12.0. The first-order valence-electron chi connectivity index (χ1n) is 8.16. The zero-order chi connectivity index (χ0) is 19.1. The zero-order valence-corrected chi connectivity index (χ0v) is 16.8. The smallest absolute Gasteiger partial charge is 0.425 e. The van der Waals surface area contributed by atoms with Crippen molar-refractivity contribution in [2.75, 3.05) is 13.7 Å². The molecule has 1 rings (SSSR count). The summed E-state index contributed by atoms with van der Waals surface area (Å²) in [6.07, 6.45) is -0.746. The summed E-state index contributed by atoms with van der Waals surface area (Å²) >= 11 is 0. The Kier molecular flexibility index (Phi) is 7.44. The van der Waals surface area contributed by atoms with Crippen molar-refractivity contribution in [3.63, 3.8) is 0 Å². The fourth-order valence-corrected chi connectivity index (χ4v) is 2.78. The van der Waals surface area contributed by atoms with E-state index in [1.165, 1.54) is 7.11 Å². The van der Waals surface area contributed by atoms with Crippen LogP contribution in [0, 0.1) is 0 Å². The molecule has 25 heavy (non-hydrogen) atoms. The number of amides is 3. The minimum Gasteiger partial charge on any atom is -0.452 e. The number of hydrazine groups is 1. The monoisotopic (exact) mass is 367 g/mol. The van der Waals surface area contributed by atoms with Crippen molar-refractivity contribution in [1.82, 2.24) is 16.2 Å². The molecule has 0 aliphatic heterocycles. The highest BCUT2D eigenvalue weighted by atomic mass is 28.4. The molecule has 140 valence electrons. The van der Waals surface area contributed by atoms with Crippen molar-refractivity contribution in [1.29, 1.82) is 0 Å². The van der Waals surface area contributed by atoms with E-state index in [1.54, 1.807) is 0 Å². The van der Waals surface area contributed by atoms with Gasteiger partial charge in [0, 0.05) is 0 Å². The van der Waals surface area contributed by atoms with Crippen LogP contribution in [0.2, 0.25) is 18.1 Å². The average Bonchev–Trinajstić information content (AvgIpc) is 2.56. The molecule has 0 saturated heterocycles. The molecule has 0 unspecified atom stereocenters. The molecule has 1 aromatic rings. The van der Waals surface area contributed by atoms with Crippen LogP contribution in [0.4, 0.5) is 9.59 Å². The number of nitrogens with one attached hydrogen (secondary N) is 3. The molecule has 0 heterocycles. The molecule has 0 aliphatic carbocycles. The summed E-state index contributed by atoms with van der Waals surface area (Å²) in [4.78, 5) is 23.1. The average molecular weight is 368 g/mol. The Labute approximate surface area is 150 Å². The molecule has 0 spiro atoms. The van der Waals surface area contributed by atoms with Gasteiger partial charge < -0.3 is 14.5 Å². The molecule has 0 aliphatic rings. The lowest BCUT2D eigenvalue weighted by Gasteiger charge is -2.37. The van der Waals surface area contributed by atoms with Crippen LogP contribution in [-0.4, -0.2) is 34.2 Å². The molecular formula is C17H29N3O4Si. The van der Waals surface area contributed by atoms with E-state index < -0.39 is 20.4 Å². The summed E-state index contributed by atoms with van der Waals surface area (Å²) in [5.41, 5.74) is 5.30. The number of rotatable bonds is 5. The first kappa shape index (κ1) is 21.0. The third-order valence-corrected chi connectivity index (χ3v) is 8.89. The lowest BCUT2D eigenvalue weighted by Crippen LogP contribution is -2.49. The first-order valence-corrected chi connectivity index (χ1v) is 11.1. The van der Waals surface area contributed by atoms with Crippen molar-refractivity contribution >= 4 is 20.4 Å². The number of methoxy groups -OCH3 is 1. The molecule has 8 heteroatoms. The summed E-state index contributed by atoms with van der Waals surface area (Å²) in [6.45, 7) is 11.2. The summed E-state index contributed by atoms with van der Waals surface area (Å²) in [7, 11) is -0.738. The standard InChI is InChI=1S/C17H29N3O4Si/c1-17(2,3)25(5,6)24-12-14(13-10-8-7-9-11-13)18-15(21)19-20-16(22)23-4/h7-11,14H,12H2,1-6H3,(H,20,22)(H2,18,19,21)/t14-/m0/s1. The number of benzene rings is 1. The Morgan fingerprint density at radius 1 is 1.12 bits per heavy atom. The third-order valence-electron chi connectivity index (χ3n) is 4.39. The Bertz CT molecular complexity index is 573. The van der Waals surface area contributed by atoms with E-state index >= 15 is 0 Å². The van der Waals surface area contributed by atoms with Crippen LogP contribution >= 0.6 is 0 Å². The van der Waals surface area contributed by atoms with Gasteiger partial charge in [-0.15, -0.1) is 0 Å². The van der Waals surface area contributed by atoms with Gasteiger partial charge in [0.05, 0.1) is 19.8 Å². The molecule has 1 atom stereocenters. The lowest BCUT2D eigenvalue weighted by atomic mass is 10.1. The topological polar surface area (TPSA) is 88.7 Å². The highest BCUT2D eigenvalue weighted by Crippen LogP contribution is 2.37. The maximum Gasteiger partial charge on any atom is 0.425 e. The predicted octanol–water partition coefficient (Wildman–Crippen LogP) is 3.32. The van der Waals surface area contributed by atoms with E-state index in [0.717, 1.165) is 5.56 Å². The number of carbonyl (C=O) groups is 2. The molecular weight excluding hydrogens is 338 g/mol. The molecule has 0 aromatic heterocycles. The Hall–Kier alpha value is -2.06. The van der Waals surface area contributed by atoms with Gasteiger partial charge in [-0.1, -0.05) is 51.1 Å². The van der Waals surface area contributed by atoms with Gasteiger partial charge in [0.25, 0.3) is 0 Å². The number of carbonyl (C=O) groups excluding carboxylic acids is 2. The summed E-state index contributed by atoms with van der Waals surface area (Å²) < 4.78 is 10.7. The lowest BCUT2D eigenvalue weighted by molar-refractivity contribution is 0.164. The largest absolute Gasteiger partial charge is 0.452 e. The maximum atomic E-state index is 12.0. The van der Waals surface area contributed by atoms with Crippen molar-refractivity contribution < 1.29 is 18.8 Å². The summed E-state index contributed by atoms with van der Waals surface area (Å²) in [5, 5.41) is 2.89. The van der Waals surface area contributed by atoms with Crippen LogP contribution in [0.25, 0.3) is 0 Å². The third kappa shape index (κ3) is 6.75. The number of hydrogen-bond donors (Lipinski definition) is 3. The van der Waals surface area contributed by atoms with Crippen LogP contribution in [0.3, 0.4) is 0 Å². The number of urea groups is 1. The SMILES string of the molecule is COC(=O)NNC(=O)N[C@@H](CO[Si](C)(C)C(C)(C)C)c1ccccc1. The van der Waals surface area contributed by atoms with Crippen LogP contribution in [0.15, 0.2) is 30.3 Å². The normalized spacial score (nSPS) is 12.9. The van der Waals surface area contributed by atoms with Gasteiger partial charge in [0.15, 0.2) is 8.32 Å². The molecule has 3 N–H and O–H groups in total. The van der Waals surface area contributed by atoms with Crippen molar-refractivity contribution in [3.8, 4) is 0 Å². The molecule has 0 radical (unpaired) electrons. The van der Waals surface area contributed by atoms with E-state index in [1.807, 2.05) is 30.3 Å². The predicted molar refractivity (Wildman–Crippen MR) is 99.5 cm³/mol. The van der Waals surface area contributed by atoms with Gasteiger partial charge in [-0.25, -0.2) is 20.4 Å². The quantitative estimate of drug-likeness (QED) is 0.550. The van der Waals surface area contributed by atoms with E-state index in [2.05, 4.69) is 54.8 Å². The van der Waals surface area contributed by atoms with Gasteiger partial charge in [-0.05, 0) is 23.7 Å². The molecule has 3 amide bonds. The van der Waals surface area contributed by atoms with E-state index in [4.69, 9.17) is 4.43 Å². The molecule has 7 nitrogen and oxygen atoms in total. The van der Waals surface area contributed by atoms with Gasteiger partial charge in [-0.2, -0.15) is 0 Å². The molecule has 0 fully saturated rings. The fourth-order valence-electron chi connectivity index (χ4n) is 1.77. The van der Waals surface area contributed by atoms with Gasteiger partial charge in [0.2, 0.25) is 0 Å². The molecule has 1 aromatic carbocycles. The van der Waals surface area contributed by atoms with Crippen LogP contribution in [0.1, 0.15) is 32.4 Å². The summed E-state index contributed by atoms with van der Waals surface area (Å²) in [6, 6.07) is 8.69. The Balaban J connectivity index is 2.78. The summed E-state index contributed by atoms with van der Waals surface area (Å²) in [5.74, 6) is 0. The van der Waals surface area contributed by atoms with Crippen LogP contribution < -0.4 is 16.2 Å². The van der Waals surface area contributed by atoms with Gasteiger partial charge in [0.1, 0.15) is 0 Å². The van der Waals surface area contributed by atoms with E-state index in [0.29, 0.717) is 6.61 Å². The molecule has 0 saturated carbocycles. The molecule has 0 bridgehead atoms. The second-order valence-corrected chi connectivity index (χ2v) is 12.1. The first-order chi connectivity index (χ1) is 11.6. The Morgan fingerprint density at radius 3 is 2.24 bits per heavy atom. The Morgan fingerprint density at radius 2 is 1.72 bits per heavy atom. The highest BCUT2D eigenvalue weighted by Gasteiger charge is 2.37. The fraction of sp³-hybridized carbons (Fsp3) is 0.529. The van der Waals surface area contributed by atoms with Gasteiger partial charge in [-0.3, -0.25) is 0 Å². The van der Waals surface area contributed by atoms with E-state index in [9.17, 15) is 9.59 Å². The van der Waals surface area contributed by atoms with Crippen molar-refractivity contribution in [2.45, 2.75) is 44.9 Å². The number of hydrogen-bond acceptors (Lipinski definition) is 4. The van der Waals surface area contributed by atoms with Crippen LogP contribution in [-0.2, 0) is 9.16 Å². The minimum absolute atomic E-state index is 0.0724. The van der Waals surface area contributed by atoms with Crippen molar-refractivity contribution in [2.24, 2.45) is 0 Å². The second-order valence-electron chi connectivity index (χ2n) is 7.25. The van der Waals surface area contributed by atoms with E-state index in [-0.39, 0.29) is 11.1 Å². The minimum atomic E-state index is -1.96. The highest BCUT2D eigenvalue weighted by molar-refractivity contribution is 6.74.